The van der Waals surface area contributed by atoms with Gasteiger partial charge < -0.3 is 5.11 Å². The van der Waals surface area contributed by atoms with Gasteiger partial charge in [-0.15, -0.1) is 11.3 Å². The second-order valence-electron chi connectivity index (χ2n) is 3.11. The van der Waals surface area contributed by atoms with E-state index >= 15 is 0 Å². The van der Waals surface area contributed by atoms with Gasteiger partial charge in [0.2, 0.25) is 0 Å². The van der Waals surface area contributed by atoms with E-state index in [9.17, 15) is 13.5 Å². The molecular formula is C7H11NO4S2. The van der Waals surface area contributed by atoms with Crippen LogP contribution in [-0.2, 0) is 19.9 Å². The van der Waals surface area contributed by atoms with Crippen LogP contribution in [0.25, 0.3) is 0 Å². The highest BCUT2D eigenvalue weighted by Gasteiger charge is 2.27. The smallest absolute Gasteiger partial charge is 0.264 e. The topological polar surface area (TPSA) is 76.5 Å². The fourth-order valence-corrected chi connectivity index (χ4v) is 1.90. The SMILES string of the molecule is C[C@@](O)(COS(C)(=O)=O)c1cscn1. The molecule has 7 heteroatoms. The first-order valence-electron chi connectivity index (χ1n) is 3.77. The van der Waals surface area contributed by atoms with Gasteiger partial charge in [0.15, 0.2) is 0 Å². The normalized spacial score (nSPS) is 16.5. The molecule has 5 nitrogen and oxygen atoms in total. The maximum atomic E-state index is 10.7. The van der Waals surface area contributed by atoms with E-state index in [4.69, 9.17) is 0 Å². The van der Waals surface area contributed by atoms with Crippen LogP contribution in [0.2, 0.25) is 0 Å². The summed E-state index contributed by atoms with van der Waals surface area (Å²) in [5, 5.41) is 11.4. The van der Waals surface area contributed by atoms with Gasteiger partial charge in [0.05, 0.1) is 17.5 Å². The van der Waals surface area contributed by atoms with Crippen molar-refractivity contribution in [1.29, 1.82) is 0 Å². The molecule has 0 aliphatic heterocycles. The Morgan fingerprint density at radius 3 is 2.79 bits per heavy atom. The summed E-state index contributed by atoms with van der Waals surface area (Å²) < 4.78 is 25.9. The minimum Gasteiger partial charge on any atom is -0.381 e. The lowest BCUT2D eigenvalue weighted by atomic mass is 10.1. The lowest BCUT2D eigenvalue weighted by Gasteiger charge is -2.19. The summed E-state index contributed by atoms with van der Waals surface area (Å²) in [5.74, 6) is 0. The summed E-state index contributed by atoms with van der Waals surface area (Å²) in [6.45, 7) is 1.13. The van der Waals surface area contributed by atoms with E-state index in [2.05, 4.69) is 9.17 Å². The van der Waals surface area contributed by atoms with Crippen molar-refractivity contribution in [2.75, 3.05) is 12.9 Å². The zero-order valence-corrected chi connectivity index (χ0v) is 9.43. The van der Waals surface area contributed by atoms with Crippen molar-refractivity contribution < 1.29 is 17.7 Å². The zero-order chi connectivity index (χ0) is 10.8. The third kappa shape index (κ3) is 3.33. The van der Waals surface area contributed by atoms with Crippen LogP contribution in [0.5, 0.6) is 0 Å². The van der Waals surface area contributed by atoms with Gasteiger partial charge in [-0.25, -0.2) is 4.98 Å². The Morgan fingerprint density at radius 1 is 1.71 bits per heavy atom. The fourth-order valence-electron chi connectivity index (χ4n) is 0.774. The van der Waals surface area contributed by atoms with Crippen molar-refractivity contribution in [3.8, 4) is 0 Å². The first-order chi connectivity index (χ1) is 6.31. The Labute approximate surface area is 86.5 Å². The Kier molecular flexibility index (Phi) is 3.25. The van der Waals surface area contributed by atoms with Crippen molar-refractivity contribution in [2.45, 2.75) is 12.5 Å². The third-order valence-electron chi connectivity index (χ3n) is 1.54. The first-order valence-corrected chi connectivity index (χ1v) is 6.53. The van der Waals surface area contributed by atoms with Crippen LogP contribution in [-0.4, -0.2) is 31.4 Å². The third-order valence-corrected chi connectivity index (χ3v) is 2.67. The molecule has 1 aromatic heterocycles. The monoisotopic (exact) mass is 237 g/mol. The summed E-state index contributed by atoms with van der Waals surface area (Å²) in [4.78, 5) is 3.88. The molecule has 14 heavy (non-hydrogen) atoms. The lowest BCUT2D eigenvalue weighted by Crippen LogP contribution is -2.29. The number of rotatable bonds is 4. The molecule has 80 valence electrons. The van der Waals surface area contributed by atoms with Gasteiger partial charge in [0.25, 0.3) is 10.1 Å². The molecule has 0 unspecified atom stereocenters. The van der Waals surface area contributed by atoms with Crippen LogP contribution in [0.1, 0.15) is 12.6 Å². The zero-order valence-electron chi connectivity index (χ0n) is 7.80. The fraction of sp³-hybridized carbons (Fsp3) is 0.571. The van der Waals surface area contributed by atoms with Gasteiger partial charge in [-0.1, -0.05) is 0 Å². The summed E-state index contributed by atoms with van der Waals surface area (Å²) in [6, 6.07) is 0. The summed E-state index contributed by atoms with van der Waals surface area (Å²) >= 11 is 1.32. The van der Waals surface area contributed by atoms with Gasteiger partial charge in [0.1, 0.15) is 12.2 Å². The van der Waals surface area contributed by atoms with Crippen molar-refractivity contribution in [1.82, 2.24) is 4.98 Å². The van der Waals surface area contributed by atoms with Gasteiger partial charge in [-0.2, -0.15) is 8.42 Å². The van der Waals surface area contributed by atoms with Gasteiger partial charge in [-0.05, 0) is 6.92 Å². The highest BCUT2D eigenvalue weighted by molar-refractivity contribution is 7.85. The molecule has 0 saturated carbocycles. The first kappa shape index (κ1) is 11.6. The van der Waals surface area contributed by atoms with E-state index in [0.717, 1.165) is 6.26 Å². The standard InChI is InChI=1S/C7H11NO4S2/c1-7(9,4-12-14(2,10)11)6-3-13-5-8-6/h3,5,9H,4H2,1-2H3/t7-/m1/s1. The molecule has 0 spiro atoms. The molecule has 0 aliphatic carbocycles. The van der Waals surface area contributed by atoms with Gasteiger partial charge >= 0.3 is 0 Å². The van der Waals surface area contributed by atoms with Crippen LogP contribution in [0, 0.1) is 0 Å². The molecule has 1 aromatic rings. The van der Waals surface area contributed by atoms with Crippen LogP contribution in [0.3, 0.4) is 0 Å². The molecular weight excluding hydrogens is 226 g/mol. The van der Waals surface area contributed by atoms with E-state index < -0.39 is 15.7 Å². The maximum Gasteiger partial charge on any atom is 0.264 e. The van der Waals surface area contributed by atoms with Crippen LogP contribution in [0.4, 0.5) is 0 Å². The minimum atomic E-state index is -3.53. The van der Waals surface area contributed by atoms with Crippen molar-refractivity contribution in [2.24, 2.45) is 0 Å². The predicted molar refractivity (Wildman–Crippen MR) is 52.5 cm³/mol. The Hall–Kier alpha value is -0.500. The van der Waals surface area contributed by atoms with Crippen molar-refractivity contribution >= 4 is 21.5 Å². The average Bonchev–Trinajstić information content (AvgIpc) is 2.52. The minimum absolute atomic E-state index is 0.324. The largest absolute Gasteiger partial charge is 0.381 e. The van der Waals surface area contributed by atoms with Gasteiger partial charge in [0, 0.05) is 5.38 Å². The molecule has 1 N–H and O–H groups in total. The molecule has 0 aliphatic rings. The van der Waals surface area contributed by atoms with Gasteiger partial charge in [-0.3, -0.25) is 4.18 Å². The highest BCUT2D eigenvalue weighted by atomic mass is 32.2. The molecule has 0 aromatic carbocycles. The average molecular weight is 237 g/mol. The molecule has 0 amide bonds. The molecule has 0 saturated heterocycles. The number of thiazole rings is 1. The van der Waals surface area contributed by atoms with Crippen molar-refractivity contribution in [3.05, 3.63) is 16.6 Å². The summed E-state index contributed by atoms with van der Waals surface area (Å²) in [7, 11) is -3.53. The Balaban J connectivity index is 2.69. The van der Waals surface area contributed by atoms with E-state index in [-0.39, 0.29) is 6.61 Å². The van der Waals surface area contributed by atoms with Crippen molar-refractivity contribution in [3.63, 3.8) is 0 Å². The number of nitrogens with zero attached hydrogens (tertiary/aromatic N) is 1. The number of hydrogen-bond donors (Lipinski definition) is 1. The number of aliphatic hydroxyl groups is 1. The van der Waals surface area contributed by atoms with E-state index in [1.165, 1.54) is 18.3 Å². The second-order valence-corrected chi connectivity index (χ2v) is 5.48. The highest BCUT2D eigenvalue weighted by Crippen LogP contribution is 2.20. The van der Waals surface area contributed by atoms with E-state index in [1.807, 2.05) is 0 Å². The maximum absolute atomic E-state index is 10.7. The predicted octanol–water partition coefficient (Wildman–Crippen LogP) is 0.327. The molecule has 1 atom stereocenters. The lowest BCUT2D eigenvalue weighted by molar-refractivity contribution is 0.00684. The van der Waals surface area contributed by atoms with E-state index in [0.29, 0.717) is 5.69 Å². The molecule has 1 heterocycles. The molecule has 0 radical (unpaired) electrons. The summed E-state index contributed by atoms with van der Waals surface area (Å²) in [6.07, 6.45) is 0.935. The quantitative estimate of drug-likeness (QED) is 0.763. The number of aromatic nitrogens is 1. The molecule has 0 fully saturated rings. The second kappa shape index (κ2) is 3.93. The van der Waals surface area contributed by atoms with Crippen LogP contribution in [0.15, 0.2) is 10.9 Å². The summed E-state index contributed by atoms with van der Waals surface area (Å²) in [5.41, 5.74) is 0.596. The van der Waals surface area contributed by atoms with Crippen LogP contribution >= 0.6 is 11.3 Å². The van der Waals surface area contributed by atoms with E-state index in [1.54, 1.807) is 10.9 Å². The number of hydrogen-bond acceptors (Lipinski definition) is 6. The Bertz CT molecular complexity index is 382. The molecule has 1 rings (SSSR count). The Morgan fingerprint density at radius 2 is 2.36 bits per heavy atom. The van der Waals surface area contributed by atoms with Crippen LogP contribution < -0.4 is 0 Å². The molecule has 0 bridgehead atoms.